The Kier molecular flexibility index (Phi) is 6.98. The third-order valence-corrected chi connectivity index (χ3v) is 6.29. The van der Waals surface area contributed by atoms with Crippen molar-refractivity contribution in [1.82, 2.24) is 14.9 Å². The lowest BCUT2D eigenvalue weighted by Gasteiger charge is -2.13. The maximum absolute atomic E-state index is 12.7. The van der Waals surface area contributed by atoms with E-state index in [1.165, 1.54) is 17.3 Å². The van der Waals surface area contributed by atoms with Gasteiger partial charge in [0.05, 0.1) is 29.5 Å². The molecule has 0 saturated heterocycles. The molecule has 0 bridgehead atoms. The van der Waals surface area contributed by atoms with Gasteiger partial charge in [0.1, 0.15) is 0 Å². The number of hydrogen-bond acceptors (Lipinski definition) is 6. The average molecular weight is 406 g/mol. The van der Waals surface area contributed by atoms with Gasteiger partial charge >= 0.3 is 0 Å². The number of ether oxygens (including phenoxy) is 1. The minimum absolute atomic E-state index is 0.0258. The maximum atomic E-state index is 12.7. The third kappa shape index (κ3) is 5.15. The first-order valence-electron chi connectivity index (χ1n) is 8.79. The van der Waals surface area contributed by atoms with Gasteiger partial charge in [0.15, 0.2) is 5.16 Å². The van der Waals surface area contributed by atoms with E-state index < -0.39 is 0 Å². The fourth-order valence-corrected chi connectivity index (χ4v) is 4.62. The Morgan fingerprint density at radius 1 is 1.37 bits per heavy atom. The van der Waals surface area contributed by atoms with Crippen molar-refractivity contribution in [2.45, 2.75) is 36.5 Å². The summed E-state index contributed by atoms with van der Waals surface area (Å²) in [4.78, 5) is 30.3. The highest BCUT2D eigenvalue weighted by Gasteiger charge is 2.22. The molecule has 8 heteroatoms. The highest BCUT2D eigenvalue weighted by atomic mass is 32.2. The van der Waals surface area contributed by atoms with Crippen LogP contribution in [0.1, 0.15) is 16.8 Å². The van der Waals surface area contributed by atoms with E-state index in [1.54, 1.807) is 23.4 Å². The predicted molar refractivity (Wildman–Crippen MR) is 109 cm³/mol. The number of carbonyl (C=O) groups excluding carboxylic acids is 1. The molecular weight excluding hydrogens is 382 g/mol. The molecule has 1 aromatic carbocycles. The zero-order chi connectivity index (χ0) is 19.2. The van der Waals surface area contributed by atoms with E-state index in [0.717, 1.165) is 28.3 Å². The monoisotopic (exact) mass is 405 g/mol. The van der Waals surface area contributed by atoms with Gasteiger partial charge in [-0.3, -0.25) is 14.2 Å². The number of aromatic nitrogens is 2. The van der Waals surface area contributed by atoms with E-state index in [1.807, 2.05) is 31.2 Å². The molecule has 0 spiro atoms. The standard InChI is InChI=1S/C19H23N3O3S2/c1-13-3-5-14(6-4-13)11-20-16(23)12-27-19-21-15-7-10-26-17(15)18(24)22(19)8-9-25-2/h3-6H,7-12H2,1-2H3,(H,20,23). The van der Waals surface area contributed by atoms with Crippen molar-refractivity contribution in [3.63, 3.8) is 0 Å². The highest BCUT2D eigenvalue weighted by Crippen LogP contribution is 2.28. The zero-order valence-electron chi connectivity index (χ0n) is 15.5. The highest BCUT2D eigenvalue weighted by molar-refractivity contribution is 8.00. The minimum Gasteiger partial charge on any atom is -0.383 e. The van der Waals surface area contributed by atoms with Crippen LogP contribution in [0.4, 0.5) is 0 Å². The molecular formula is C19H23N3O3S2. The number of nitrogens with one attached hydrogen (secondary N) is 1. The van der Waals surface area contributed by atoms with Crippen LogP contribution in [0.5, 0.6) is 0 Å². The van der Waals surface area contributed by atoms with Gasteiger partial charge in [-0.1, -0.05) is 41.6 Å². The average Bonchev–Trinajstić information content (AvgIpc) is 3.14. The van der Waals surface area contributed by atoms with E-state index in [9.17, 15) is 9.59 Å². The Morgan fingerprint density at radius 3 is 2.89 bits per heavy atom. The zero-order valence-corrected chi connectivity index (χ0v) is 17.1. The second kappa shape index (κ2) is 9.43. The normalized spacial score (nSPS) is 12.8. The number of methoxy groups -OCH3 is 1. The van der Waals surface area contributed by atoms with Gasteiger partial charge in [0.25, 0.3) is 5.56 Å². The molecule has 0 fully saturated rings. The Balaban J connectivity index is 1.64. The van der Waals surface area contributed by atoms with Crippen molar-refractivity contribution in [1.29, 1.82) is 0 Å². The van der Waals surface area contributed by atoms with E-state index in [2.05, 4.69) is 10.3 Å². The van der Waals surface area contributed by atoms with E-state index >= 15 is 0 Å². The molecule has 2 heterocycles. The van der Waals surface area contributed by atoms with Crippen LogP contribution in [-0.4, -0.2) is 40.7 Å². The number of benzene rings is 1. The van der Waals surface area contributed by atoms with Gasteiger partial charge in [-0.25, -0.2) is 4.98 Å². The molecule has 1 amide bonds. The summed E-state index contributed by atoms with van der Waals surface area (Å²) in [6, 6.07) is 8.06. The first-order valence-corrected chi connectivity index (χ1v) is 10.8. The lowest BCUT2D eigenvalue weighted by Crippen LogP contribution is -2.28. The van der Waals surface area contributed by atoms with Crippen LogP contribution in [0.3, 0.4) is 0 Å². The number of nitrogens with zero attached hydrogens (tertiary/aromatic N) is 2. The Morgan fingerprint density at radius 2 is 2.15 bits per heavy atom. The second-order valence-corrected chi connectivity index (χ2v) is 8.32. The molecule has 0 radical (unpaired) electrons. The summed E-state index contributed by atoms with van der Waals surface area (Å²) in [6.45, 7) is 3.39. The molecule has 1 aliphatic rings. The Labute approximate surface area is 167 Å². The summed E-state index contributed by atoms with van der Waals surface area (Å²) < 4.78 is 6.74. The molecule has 0 saturated carbocycles. The first kappa shape index (κ1) is 20.0. The number of thioether (sulfide) groups is 2. The molecule has 27 heavy (non-hydrogen) atoms. The number of amides is 1. The number of carbonyl (C=O) groups is 1. The lowest BCUT2D eigenvalue weighted by molar-refractivity contribution is -0.118. The van der Waals surface area contributed by atoms with Crippen LogP contribution in [0.2, 0.25) is 0 Å². The van der Waals surface area contributed by atoms with Gasteiger partial charge in [0.2, 0.25) is 5.91 Å². The predicted octanol–water partition coefficient (Wildman–Crippen LogP) is 2.25. The van der Waals surface area contributed by atoms with Gasteiger partial charge < -0.3 is 10.1 Å². The molecule has 3 rings (SSSR count). The van der Waals surface area contributed by atoms with Crippen LogP contribution >= 0.6 is 23.5 Å². The number of hydrogen-bond donors (Lipinski definition) is 1. The van der Waals surface area contributed by atoms with Gasteiger partial charge in [-0.2, -0.15) is 0 Å². The van der Waals surface area contributed by atoms with Crippen LogP contribution in [-0.2, 0) is 29.0 Å². The number of aryl methyl sites for hydroxylation is 2. The summed E-state index contributed by atoms with van der Waals surface area (Å²) in [7, 11) is 1.60. The Bertz CT molecular complexity index is 866. The summed E-state index contributed by atoms with van der Waals surface area (Å²) >= 11 is 2.86. The second-order valence-electron chi connectivity index (χ2n) is 6.27. The molecule has 0 atom stereocenters. The summed E-state index contributed by atoms with van der Waals surface area (Å²) in [5.74, 6) is 1.02. The molecule has 1 aromatic heterocycles. The largest absolute Gasteiger partial charge is 0.383 e. The molecule has 2 aromatic rings. The van der Waals surface area contributed by atoms with E-state index in [0.29, 0.717) is 24.9 Å². The number of fused-ring (bicyclic) bond motifs is 1. The molecule has 1 N–H and O–H groups in total. The molecule has 6 nitrogen and oxygen atoms in total. The molecule has 144 valence electrons. The third-order valence-electron chi connectivity index (χ3n) is 4.21. The first-order chi connectivity index (χ1) is 13.1. The fourth-order valence-electron chi connectivity index (χ4n) is 2.70. The molecule has 1 aliphatic heterocycles. The smallest absolute Gasteiger partial charge is 0.268 e. The topological polar surface area (TPSA) is 73.2 Å². The van der Waals surface area contributed by atoms with Crippen molar-refractivity contribution < 1.29 is 9.53 Å². The maximum Gasteiger partial charge on any atom is 0.268 e. The van der Waals surface area contributed by atoms with Crippen LogP contribution in [0, 0.1) is 6.92 Å². The van der Waals surface area contributed by atoms with Gasteiger partial charge in [0, 0.05) is 25.8 Å². The van der Waals surface area contributed by atoms with Crippen molar-refractivity contribution in [3.05, 3.63) is 51.4 Å². The van der Waals surface area contributed by atoms with E-state index in [-0.39, 0.29) is 17.2 Å². The van der Waals surface area contributed by atoms with Gasteiger partial charge in [-0.05, 0) is 12.5 Å². The van der Waals surface area contributed by atoms with Crippen molar-refractivity contribution in [2.75, 3.05) is 25.2 Å². The van der Waals surface area contributed by atoms with Crippen molar-refractivity contribution in [3.8, 4) is 0 Å². The molecule has 0 aliphatic carbocycles. The summed E-state index contributed by atoms with van der Waals surface area (Å²) in [6.07, 6.45) is 0.799. The minimum atomic E-state index is -0.0806. The quantitative estimate of drug-likeness (QED) is 0.536. The summed E-state index contributed by atoms with van der Waals surface area (Å²) in [5, 5.41) is 3.50. The van der Waals surface area contributed by atoms with Gasteiger partial charge in [-0.15, -0.1) is 11.8 Å². The van der Waals surface area contributed by atoms with Crippen molar-refractivity contribution in [2.24, 2.45) is 0 Å². The lowest BCUT2D eigenvalue weighted by atomic mass is 10.1. The van der Waals surface area contributed by atoms with Crippen LogP contribution in [0.25, 0.3) is 0 Å². The Hall–Kier alpha value is -1.77. The fraction of sp³-hybridized carbons (Fsp3) is 0.421. The SMILES string of the molecule is COCCn1c(SCC(=O)NCc2ccc(C)cc2)nc2c(c1=O)SCC2. The number of rotatable bonds is 8. The van der Waals surface area contributed by atoms with Crippen LogP contribution in [0.15, 0.2) is 39.1 Å². The van der Waals surface area contributed by atoms with E-state index in [4.69, 9.17) is 4.74 Å². The summed E-state index contributed by atoms with van der Waals surface area (Å²) in [5.41, 5.74) is 3.07. The van der Waals surface area contributed by atoms with Crippen molar-refractivity contribution >= 4 is 29.4 Å². The van der Waals surface area contributed by atoms with Crippen LogP contribution < -0.4 is 10.9 Å². The molecule has 0 unspecified atom stereocenters.